The van der Waals surface area contributed by atoms with Crippen molar-refractivity contribution in [2.24, 2.45) is 5.41 Å². The Hall–Kier alpha value is -0.130. The van der Waals surface area contributed by atoms with Crippen LogP contribution in [0.2, 0.25) is 0 Å². The topological polar surface area (TPSA) is 66.4 Å². The average molecular weight is 263 g/mol. The summed E-state index contributed by atoms with van der Waals surface area (Å²) in [4.78, 5) is 0. The van der Waals surface area contributed by atoms with Crippen molar-refractivity contribution in [3.05, 3.63) is 0 Å². The van der Waals surface area contributed by atoms with Gasteiger partial charge in [-0.1, -0.05) is 33.6 Å². The van der Waals surface area contributed by atoms with Crippen molar-refractivity contribution in [2.75, 3.05) is 12.4 Å². The first-order valence-corrected chi connectivity index (χ1v) is 7.96. The predicted octanol–water partition coefficient (Wildman–Crippen LogP) is 1.65. The summed E-state index contributed by atoms with van der Waals surface area (Å²) < 4.78 is 26.7. The van der Waals surface area contributed by atoms with Gasteiger partial charge >= 0.3 is 0 Å². The van der Waals surface area contributed by atoms with Gasteiger partial charge in [-0.05, 0) is 24.7 Å². The van der Waals surface area contributed by atoms with E-state index in [2.05, 4.69) is 4.72 Å². The lowest BCUT2D eigenvalue weighted by atomic mass is 9.94. The maximum absolute atomic E-state index is 12.0. The van der Waals surface area contributed by atoms with Crippen molar-refractivity contribution >= 4 is 10.0 Å². The van der Waals surface area contributed by atoms with Crippen molar-refractivity contribution in [2.45, 2.75) is 58.4 Å². The highest BCUT2D eigenvalue weighted by Gasteiger charge is 2.37. The van der Waals surface area contributed by atoms with Crippen LogP contribution in [0.15, 0.2) is 0 Å². The summed E-state index contributed by atoms with van der Waals surface area (Å²) in [5, 5.41) is 9.38. The summed E-state index contributed by atoms with van der Waals surface area (Å²) in [6, 6.07) is 0. The van der Waals surface area contributed by atoms with Crippen LogP contribution in [-0.4, -0.2) is 31.4 Å². The van der Waals surface area contributed by atoms with Crippen molar-refractivity contribution in [3.8, 4) is 0 Å². The normalized spacial score (nSPS) is 20.7. The second-order valence-corrected chi connectivity index (χ2v) is 8.22. The first kappa shape index (κ1) is 14.9. The van der Waals surface area contributed by atoms with Gasteiger partial charge in [-0.2, -0.15) is 0 Å². The second-order valence-electron chi connectivity index (χ2n) is 6.38. The Morgan fingerprint density at radius 1 is 1.24 bits per heavy atom. The molecule has 4 nitrogen and oxygen atoms in total. The Labute approximate surface area is 105 Å². The van der Waals surface area contributed by atoms with E-state index in [4.69, 9.17) is 0 Å². The maximum atomic E-state index is 12.0. The number of aliphatic hydroxyl groups is 1. The molecule has 0 unspecified atom stereocenters. The molecule has 0 radical (unpaired) electrons. The molecule has 5 heteroatoms. The van der Waals surface area contributed by atoms with Crippen molar-refractivity contribution in [1.82, 2.24) is 4.72 Å². The summed E-state index contributed by atoms with van der Waals surface area (Å²) >= 11 is 0. The number of rotatable bonds is 5. The van der Waals surface area contributed by atoms with Crippen molar-refractivity contribution in [3.63, 3.8) is 0 Å². The minimum Gasteiger partial charge on any atom is -0.394 e. The lowest BCUT2D eigenvalue weighted by Crippen LogP contribution is -2.50. The molecule has 0 bridgehead atoms. The molecular formula is C12H25NO3S. The summed E-state index contributed by atoms with van der Waals surface area (Å²) in [7, 11) is -3.28. The van der Waals surface area contributed by atoms with E-state index in [-0.39, 0.29) is 17.8 Å². The fourth-order valence-electron chi connectivity index (χ4n) is 2.17. The van der Waals surface area contributed by atoms with E-state index in [9.17, 15) is 13.5 Å². The Morgan fingerprint density at radius 2 is 1.76 bits per heavy atom. The molecule has 0 spiro atoms. The number of sulfonamides is 1. The molecule has 1 aliphatic carbocycles. The molecule has 0 aromatic carbocycles. The van der Waals surface area contributed by atoms with Gasteiger partial charge in [0.15, 0.2) is 0 Å². The summed E-state index contributed by atoms with van der Waals surface area (Å²) in [5.41, 5.74) is -0.576. The first-order chi connectivity index (χ1) is 7.68. The van der Waals surface area contributed by atoms with Gasteiger partial charge in [0.05, 0.1) is 17.9 Å². The van der Waals surface area contributed by atoms with Crippen molar-refractivity contribution in [1.29, 1.82) is 0 Å². The third kappa shape index (κ3) is 4.94. The molecule has 17 heavy (non-hydrogen) atoms. The van der Waals surface area contributed by atoms with Gasteiger partial charge in [0, 0.05) is 0 Å². The SMILES string of the molecule is CC(C)(C)CCS(=O)(=O)NC1(CO)CCCC1. The quantitative estimate of drug-likeness (QED) is 0.792. The largest absolute Gasteiger partial charge is 0.394 e. The van der Waals surface area contributed by atoms with E-state index in [1.165, 1.54) is 0 Å². The van der Waals surface area contributed by atoms with Crippen LogP contribution >= 0.6 is 0 Å². The Kier molecular flexibility index (Phi) is 4.60. The second kappa shape index (κ2) is 5.24. The Bertz CT molecular complexity index is 337. The lowest BCUT2D eigenvalue weighted by molar-refractivity contribution is 0.185. The highest BCUT2D eigenvalue weighted by atomic mass is 32.2. The number of aliphatic hydroxyl groups excluding tert-OH is 1. The van der Waals surface area contributed by atoms with Gasteiger partial charge in [-0.25, -0.2) is 13.1 Å². The molecule has 0 amide bonds. The molecular weight excluding hydrogens is 238 g/mol. The minimum absolute atomic E-state index is 0.0107. The van der Waals surface area contributed by atoms with Gasteiger partial charge in [-0.15, -0.1) is 0 Å². The van der Waals surface area contributed by atoms with Gasteiger partial charge in [0.2, 0.25) is 10.0 Å². The molecule has 0 atom stereocenters. The Morgan fingerprint density at radius 3 is 2.18 bits per heavy atom. The average Bonchev–Trinajstić information content (AvgIpc) is 2.63. The number of hydrogen-bond donors (Lipinski definition) is 2. The van der Waals surface area contributed by atoms with E-state index in [1.807, 2.05) is 20.8 Å². The van der Waals surface area contributed by atoms with Crippen LogP contribution in [0.25, 0.3) is 0 Å². The number of hydrogen-bond acceptors (Lipinski definition) is 3. The Balaban J connectivity index is 2.59. The van der Waals surface area contributed by atoms with Crippen LogP contribution in [0, 0.1) is 5.41 Å². The molecule has 1 saturated carbocycles. The molecule has 0 heterocycles. The molecule has 0 aliphatic heterocycles. The highest BCUT2D eigenvalue weighted by Crippen LogP contribution is 2.30. The monoisotopic (exact) mass is 263 g/mol. The van der Waals surface area contributed by atoms with E-state index in [1.54, 1.807) is 0 Å². The fraction of sp³-hybridized carbons (Fsp3) is 1.00. The number of nitrogens with one attached hydrogen (secondary N) is 1. The zero-order chi connectivity index (χ0) is 13.2. The van der Waals surface area contributed by atoms with Gasteiger partial charge in [0.25, 0.3) is 0 Å². The van der Waals surface area contributed by atoms with Crippen LogP contribution < -0.4 is 4.72 Å². The van der Waals surface area contributed by atoms with E-state index >= 15 is 0 Å². The molecule has 102 valence electrons. The van der Waals surface area contributed by atoms with E-state index in [0.717, 1.165) is 25.7 Å². The third-order valence-electron chi connectivity index (χ3n) is 3.36. The van der Waals surface area contributed by atoms with E-state index < -0.39 is 15.6 Å². The maximum Gasteiger partial charge on any atom is 0.212 e. The predicted molar refractivity (Wildman–Crippen MR) is 69.3 cm³/mol. The highest BCUT2D eigenvalue weighted by molar-refractivity contribution is 7.89. The zero-order valence-electron chi connectivity index (χ0n) is 11.1. The van der Waals surface area contributed by atoms with Crippen LogP contribution in [-0.2, 0) is 10.0 Å². The van der Waals surface area contributed by atoms with Crippen LogP contribution in [0.5, 0.6) is 0 Å². The molecule has 1 aliphatic rings. The van der Waals surface area contributed by atoms with Gasteiger partial charge < -0.3 is 5.11 Å². The van der Waals surface area contributed by atoms with Gasteiger partial charge in [0.1, 0.15) is 0 Å². The van der Waals surface area contributed by atoms with Crippen LogP contribution in [0.3, 0.4) is 0 Å². The first-order valence-electron chi connectivity index (χ1n) is 6.31. The van der Waals surface area contributed by atoms with Gasteiger partial charge in [-0.3, -0.25) is 0 Å². The fourth-order valence-corrected chi connectivity index (χ4v) is 4.08. The van der Waals surface area contributed by atoms with Crippen LogP contribution in [0.1, 0.15) is 52.9 Å². The minimum atomic E-state index is -3.28. The van der Waals surface area contributed by atoms with Crippen LogP contribution in [0.4, 0.5) is 0 Å². The van der Waals surface area contributed by atoms with E-state index in [0.29, 0.717) is 6.42 Å². The smallest absolute Gasteiger partial charge is 0.212 e. The summed E-state index contributed by atoms with van der Waals surface area (Å²) in [6.45, 7) is 5.99. The summed E-state index contributed by atoms with van der Waals surface area (Å²) in [5.74, 6) is 0.137. The molecule has 1 rings (SSSR count). The zero-order valence-corrected chi connectivity index (χ0v) is 11.9. The standard InChI is InChI=1S/C12H25NO3S/c1-11(2,3)8-9-17(15,16)13-12(10-14)6-4-5-7-12/h13-14H,4-10H2,1-3H3. The molecule has 2 N–H and O–H groups in total. The molecule has 0 aromatic heterocycles. The summed E-state index contributed by atoms with van der Waals surface area (Å²) in [6.07, 6.45) is 4.10. The molecule has 0 aromatic rings. The lowest BCUT2D eigenvalue weighted by Gasteiger charge is -2.28. The molecule has 0 saturated heterocycles. The molecule has 1 fully saturated rings. The van der Waals surface area contributed by atoms with Crippen molar-refractivity contribution < 1.29 is 13.5 Å². The third-order valence-corrected chi connectivity index (χ3v) is 4.84.